The number of aromatic nitrogens is 4. The van der Waals surface area contributed by atoms with E-state index in [-0.39, 0.29) is 32.5 Å². The lowest BCUT2D eigenvalue weighted by Gasteiger charge is -2.39. The second-order valence-corrected chi connectivity index (χ2v) is 20.9. The van der Waals surface area contributed by atoms with Gasteiger partial charge in [0.05, 0.1) is 42.0 Å². The van der Waals surface area contributed by atoms with E-state index in [2.05, 4.69) is 49.3 Å². The zero-order chi connectivity index (χ0) is 50.7. The monoisotopic (exact) mass is 1010 g/mol. The van der Waals surface area contributed by atoms with Gasteiger partial charge in [-0.2, -0.15) is 0 Å². The first kappa shape index (κ1) is 57.5. The van der Waals surface area contributed by atoms with Crippen LogP contribution < -0.4 is 19.6 Å². The number of carboxylic acids is 1. The third-order valence-corrected chi connectivity index (χ3v) is 13.3. The quantitative estimate of drug-likeness (QED) is 0.107. The zero-order valence-corrected chi connectivity index (χ0v) is 42.6. The largest absolute Gasteiger partial charge is 0.477 e. The van der Waals surface area contributed by atoms with Crippen LogP contribution in [0, 0.1) is 11.8 Å². The summed E-state index contributed by atoms with van der Waals surface area (Å²) in [5, 5.41) is 9.02. The summed E-state index contributed by atoms with van der Waals surface area (Å²) in [4.78, 5) is 78.6. The van der Waals surface area contributed by atoms with Gasteiger partial charge in [0.2, 0.25) is 0 Å². The lowest BCUT2D eigenvalue weighted by atomic mass is 9.96. The summed E-state index contributed by atoms with van der Waals surface area (Å²) in [7, 11) is 1.36. The minimum Gasteiger partial charge on any atom is -0.477 e. The molecule has 1 N–H and O–H groups in total. The number of hydrogen-bond donors (Lipinski definition) is 1. The molecule has 0 aliphatic carbocycles. The fourth-order valence-corrected chi connectivity index (χ4v) is 9.36. The van der Waals surface area contributed by atoms with E-state index in [1.165, 1.54) is 7.11 Å². The fraction of sp³-hybridized carbons (Fsp3) is 0.564. The first-order valence-corrected chi connectivity index (χ1v) is 25.0. The third kappa shape index (κ3) is 16.8. The highest BCUT2D eigenvalue weighted by molar-refractivity contribution is 5.90. The van der Waals surface area contributed by atoms with Crippen LogP contribution in [0.25, 0.3) is 0 Å². The van der Waals surface area contributed by atoms with Crippen molar-refractivity contribution in [2.45, 2.75) is 93.3 Å². The van der Waals surface area contributed by atoms with Crippen molar-refractivity contribution in [2.75, 3.05) is 118 Å². The van der Waals surface area contributed by atoms with E-state index in [0.717, 1.165) is 140 Å². The normalized spacial score (nSPS) is 17.3. The Morgan fingerprint density at radius 1 is 0.493 bits per heavy atom. The molecule has 8 heterocycles. The van der Waals surface area contributed by atoms with Crippen molar-refractivity contribution in [3.05, 3.63) is 95.8 Å². The average Bonchev–Trinajstić information content (AvgIpc) is 3.36. The minimum absolute atomic E-state index is 0. The maximum atomic E-state index is 12.2. The number of anilines is 4. The van der Waals surface area contributed by atoms with E-state index in [9.17, 15) is 19.2 Å². The Morgan fingerprint density at radius 3 is 1.18 bits per heavy atom. The van der Waals surface area contributed by atoms with Crippen LogP contribution in [0.5, 0.6) is 0 Å². The molecule has 4 aromatic rings. The Bertz CT molecular complexity index is 2360. The number of hydrogen-bond acceptors (Lipinski definition) is 17. The van der Waals surface area contributed by atoms with Crippen LogP contribution in [-0.2, 0) is 14.2 Å². The molecular weight excluding hydrogens is 929 g/mol. The number of esters is 3. The Labute approximate surface area is 433 Å². The number of pyridine rings is 4. The van der Waals surface area contributed by atoms with Crippen molar-refractivity contribution in [2.24, 2.45) is 11.8 Å². The van der Waals surface area contributed by atoms with Crippen LogP contribution >= 0.6 is 0 Å². The molecular formula is C55H80N10O8. The number of nitrogens with zero attached hydrogens (tertiary/aromatic N) is 10. The molecule has 398 valence electrons. The molecule has 4 aromatic heterocycles. The predicted molar refractivity (Wildman–Crippen MR) is 286 cm³/mol. The van der Waals surface area contributed by atoms with Gasteiger partial charge in [0.25, 0.3) is 0 Å². The molecule has 4 aliphatic rings. The number of piperidine rings is 2. The highest BCUT2D eigenvalue weighted by atomic mass is 16.6. The minimum atomic E-state index is -0.999. The molecule has 18 nitrogen and oxygen atoms in total. The SMILES string of the molecule is C.C.CC(C)(C)OC(=O)c1ccc(N2CCC(CN3CCN(c4ccc(C(=O)O)nc4)CC3)CC2)nc1.COC(=O)c1ccc(N2CCN(CC3CCN(c4ccc(C(=O)OC(C)(C)C)cn4)CC3)CC2)cn1. The number of rotatable bonds is 12. The first-order chi connectivity index (χ1) is 33.9. The molecule has 18 heteroatoms. The Kier molecular flexibility index (Phi) is 20.5. The van der Waals surface area contributed by atoms with Crippen molar-refractivity contribution in [3.8, 4) is 0 Å². The fourth-order valence-electron chi connectivity index (χ4n) is 9.36. The van der Waals surface area contributed by atoms with Crippen molar-refractivity contribution in [3.63, 3.8) is 0 Å². The van der Waals surface area contributed by atoms with E-state index in [1.807, 2.05) is 65.8 Å². The smallest absolute Gasteiger partial charge is 0.356 e. The third-order valence-electron chi connectivity index (χ3n) is 13.3. The molecule has 0 amide bonds. The van der Waals surface area contributed by atoms with E-state index in [0.29, 0.717) is 28.7 Å². The maximum absolute atomic E-state index is 12.2. The predicted octanol–water partition coefficient (Wildman–Crippen LogP) is 7.70. The van der Waals surface area contributed by atoms with Crippen LogP contribution in [-0.4, -0.2) is 169 Å². The first-order valence-electron chi connectivity index (χ1n) is 25.0. The van der Waals surface area contributed by atoms with Crippen LogP contribution in [0.15, 0.2) is 73.3 Å². The number of carbonyl (C=O) groups is 4. The summed E-state index contributed by atoms with van der Waals surface area (Å²) in [5.74, 6) is 1.07. The molecule has 0 saturated carbocycles. The van der Waals surface area contributed by atoms with Crippen LogP contribution in [0.4, 0.5) is 23.0 Å². The molecule has 0 atom stereocenters. The van der Waals surface area contributed by atoms with Gasteiger partial charge >= 0.3 is 23.9 Å². The Balaban J connectivity index is 0.000000264. The van der Waals surface area contributed by atoms with Gasteiger partial charge in [-0.05, 0) is 128 Å². The van der Waals surface area contributed by atoms with Gasteiger partial charge < -0.3 is 38.9 Å². The van der Waals surface area contributed by atoms with Crippen molar-refractivity contribution in [1.82, 2.24) is 29.7 Å². The van der Waals surface area contributed by atoms with Crippen molar-refractivity contribution in [1.29, 1.82) is 0 Å². The highest BCUT2D eigenvalue weighted by Crippen LogP contribution is 2.27. The molecule has 0 unspecified atom stereocenters. The van der Waals surface area contributed by atoms with Gasteiger partial charge in [-0.25, -0.2) is 39.1 Å². The molecule has 8 rings (SSSR count). The Hall–Kier alpha value is -6.40. The summed E-state index contributed by atoms with van der Waals surface area (Å²) < 4.78 is 15.6. The molecule has 4 saturated heterocycles. The topological polar surface area (TPSA) is 187 Å². The van der Waals surface area contributed by atoms with Gasteiger partial charge in [0, 0.05) is 104 Å². The van der Waals surface area contributed by atoms with E-state index in [1.54, 1.807) is 49.1 Å². The molecule has 4 aliphatic heterocycles. The molecule has 0 spiro atoms. The maximum Gasteiger partial charge on any atom is 0.356 e. The number of carbonyl (C=O) groups excluding carboxylic acids is 3. The molecule has 4 fully saturated rings. The molecule has 73 heavy (non-hydrogen) atoms. The number of piperazine rings is 2. The summed E-state index contributed by atoms with van der Waals surface area (Å²) in [6.45, 7) is 25.0. The zero-order valence-electron chi connectivity index (χ0n) is 42.6. The summed E-state index contributed by atoms with van der Waals surface area (Å²) >= 11 is 0. The van der Waals surface area contributed by atoms with Gasteiger partial charge in [-0.1, -0.05) is 14.9 Å². The van der Waals surface area contributed by atoms with Gasteiger partial charge in [0.1, 0.15) is 34.2 Å². The van der Waals surface area contributed by atoms with Gasteiger partial charge in [-0.15, -0.1) is 0 Å². The summed E-state index contributed by atoms with van der Waals surface area (Å²) in [6.07, 6.45) is 11.2. The van der Waals surface area contributed by atoms with Crippen LogP contribution in [0.2, 0.25) is 0 Å². The summed E-state index contributed by atoms with van der Waals surface area (Å²) in [6, 6.07) is 14.5. The van der Waals surface area contributed by atoms with E-state index < -0.39 is 23.1 Å². The number of aromatic carboxylic acids is 1. The number of carboxylic acid groups (broad SMARTS) is 1. The van der Waals surface area contributed by atoms with Crippen LogP contribution in [0.1, 0.15) is 124 Å². The van der Waals surface area contributed by atoms with E-state index in [4.69, 9.17) is 19.3 Å². The number of methoxy groups -OCH3 is 1. The standard InChI is InChI=1S/C27H37N5O4.C26H35N5O4.2CH4/c1-27(2,3)36-25(33)21-5-8-24(29-17-21)32-11-9-20(10-12-32)19-30-13-15-31(16-14-30)22-6-7-23(28-18-22)26(34)35-4;1-26(2,3)35-25(34)20-4-7-23(28-16-20)31-10-8-19(9-11-31)18-29-12-14-30(15-13-29)21-5-6-22(24(32)33)27-17-21;;/h5-8,17-18,20H,9-16,19H2,1-4H3;4-7,16-17,19H,8-15,18H2,1-3H3,(H,32,33);2*1H4. The molecule has 0 radical (unpaired) electrons. The number of ether oxygens (including phenoxy) is 3. The van der Waals surface area contributed by atoms with Crippen molar-refractivity contribution < 1.29 is 38.5 Å². The Morgan fingerprint density at radius 2 is 0.877 bits per heavy atom. The van der Waals surface area contributed by atoms with Crippen LogP contribution in [0.3, 0.4) is 0 Å². The molecule has 0 bridgehead atoms. The lowest BCUT2D eigenvalue weighted by Crippen LogP contribution is -2.49. The van der Waals surface area contributed by atoms with E-state index >= 15 is 0 Å². The second kappa shape index (κ2) is 26.0. The molecule has 0 aromatic carbocycles. The lowest BCUT2D eigenvalue weighted by molar-refractivity contribution is 0.00565. The average molecular weight is 1010 g/mol. The summed E-state index contributed by atoms with van der Waals surface area (Å²) in [5.41, 5.74) is 2.36. The second-order valence-electron chi connectivity index (χ2n) is 20.9. The highest BCUT2D eigenvalue weighted by Gasteiger charge is 2.28. The van der Waals surface area contributed by atoms with Gasteiger partial charge in [0.15, 0.2) is 0 Å². The van der Waals surface area contributed by atoms with Crippen molar-refractivity contribution >= 4 is 46.9 Å². The van der Waals surface area contributed by atoms with Gasteiger partial charge in [-0.3, -0.25) is 9.80 Å².